The molecule has 0 radical (unpaired) electrons. The fraction of sp³-hybridized carbons (Fsp3) is 0.222. The van der Waals surface area contributed by atoms with E-state index in [1.807, 2.05) is 0 Å². The summed E-state index contributed by atoms with van der Waals surface area (Å²) in [4.78, 5) is 20.9. The van der Waals surface area contributed by atoms with Crippen LogP contribution in [-0.4, -0.2) is 18.1 Å². The lowest BCUT2D eigenvalue weighted by atomic mass is 10.2. The molecule has 6 heteroatoms. The third kappa shape index (κ3) is 2.94. The Bertz CT molecular complexity index is 350. The predicted octanol–water partition coefficient (Wildman–Crippen LogP) is 1.26. The second-order valence-electron chi connectivity index (χ2n) is 2.83. The van der Waals surface area contributed by atoms with Crippen molar-refractivity contribution in [3.8, 4) is 5.75 Å². The number of methoxy groups -OCH3 is 1. The molecule has 0 aliphatic rings. The number of primary amides is 1. The molecule has 80 valence electrons. The number of carbonyl (C=O) groups excluding carboxylic acids is 1. The molecule has 6 nitrogen and oxygen atoms in total. The Balaban J connectivity index is 2.71. The first-order chi connectivity index (χ1) is 7.17. The number of hydrogen-bond acceptors (Lipinski definition) is 4. The van der Waals surface area contributed by atoms with Gasteiger partial charge in [-0.05, 0) is 17.7 Å². The number of nitrogens with two attached hydrogens (primary N) is 1. The van der Waals surface area contributed by atoms with Gasteiger partial charge < -0.3 is 10.5 Å². The van der Waals surface area contributed by atoms with Crippen molar-refractivity contribution in [2.24, 2.45) is 11.0 Å². The summed E-state index contributed by atoms with van der Waals surface area (Å²) < 4.78 is 4.96. The summed E-state index contributed by atoms with van der Waals surface area (Å²) in [7, 11) is 1.55. The van der Waals surface area contributed by atoms with Crippen LogP contribution >= 0.6 is 0 Å². The molecule has 2 N–H and O–H groups in total. The van der Waals surface area contributed by atoms with E-state index in [4.69, 9.17) is 10.5 Å². The molecule has 0 heterocycles. The molecule has 0 atom stereocenters. The van der Waals surface area contributed by atoms with Crippen molar-refractivity contribution in [3.63, 3.8) is 0 Å². The fourth-order valence-corrected chi connectivity index (χ4v) is 1.05. The monoisotopic (exact) mass is 209 g/mol. The zero-order valence-electron chi connectivity index (χ0n) is 8.21. The van der Waals surface area contributed by atoms with Gasteiger partial charge in [-0.15, -0.1) is 4.91 Å². The van der Waals surface area contributed by atoms with Gasteiger partial charge in [0.25, 0.3) is 0 Å². The second kappa shape index (κ2) is 4.94. The van der Waals surface area contributed by atoms with Gasteiger partial charge in [-0.1, -0.05) is 12.1 Å². The van der Waals surface area contributed by atoms with E-state index in [9.17, 15) is 9.70 Å². The van der Waals surface area contributed by atoms with Gasteiger partial charge in [0.2, 0.25) is 0 Å². The molecule has 0 unspecified atom stereocenters. The zero-order valence-corrected chi connectivity index (χ0v) is 8.21. The molecule has 15 heavy (non-hydrogen) atoms. The molecule has 1 aromatic carbocycles. The van der Waals surface area contributed by atoms with Gasteiger partial charge in [-0.2, -0.15) is 5.01 Å². The molecular weight excluding hydrogens is 198 g/mol. The highest BCUT2D eigenvalue weighted by Gasteiger charge is 2.09. The number of nitrogens with zero attached hydrogens (tertiary/aromatic N) is 2. The van der Waals surface area contributed by atoms with E-state index in [0.717, 1.165) is 5.56 Å². The smallest absolute Gasteiger partial charge is 0.338 e. The predicted molar refractivity (Wildman–Crippen MR) is 53.9 cm³/mol. The Morgan fingerprint density at radius 1 is 1.47 bits per heavy atom. The first-order valence-electron chi connectivity index (χ1n) is 4.20. The van der Waals surface area contributed by atoms with Gasteiger partial charge in [0.1, 0.15) is 5.75 Å². The Morgan fingerprint density at radius 3 is 2.47 bits per heavy atom. The van der Waals surface area contributed by atoms with E-state index in [2.05, 4.69) is 5.29 Å². The van der Waals surface area contributed by atoms with Crippen molar-refractivity contribution >= 4 is 6.03 Å². The standard InChI is InChI=1S/C9H11N3O3/c1-15-8-4-2-7(3-5-8)6-12(11-14)9(10)13/h2-5H,6H2,1H3,(H2,10,13). The lowest BCUT2D eigenvalue weighted by Crippen LogP contribution is -2.30. The molecule has 1 rings (SSSR count). The van der Waals surface area contributed by atoms with Gasteiger partial charge in [0.05, 0.1) is 18.9 Å². The minimum atomic E-state index is -0.874. The Morgan fingerprint density at radius 2 is 2.07 bits per heavy atom. The highest BCUT2D eigenvalue weighted by Crippen LogP contribution is 2.12. The summed E-state index contributed by atoms with van der Waals surface area (Å²) in [6.07, 6.45) is 0. The van der Waals surface area contributed by atoms with E-state index >= 15 is 0 Å². The van der Waals surface area contributed by atoms with E-state index in [0.29, 0.717) is 10.8 Å². The van der Waals surface area contributed by atoms with Gasteiger partial charge in [-0.3, -0.25) is 0 Å². The summed E-state index contributed by atoms with van der Waals surface area (Å²) in [6.45, 7) is 0.0584. The van der Waals surface area contributed by atoms with E-state index in [-0.39, 0.29) is 6.54 Å². The topological polar surface area (TPSA) is 85.0 Å². The Hall–Kier alpha value is -2.11. The van der Waals surface area contributed by atoms with Crippen molar-refractivity contribution in [2.75, 3.05) is 7.11 Å². The Kier molecular flexibility index (Phi) is 3.61. The van der Waals surface area contributed by atoms with Crippen LogP contribution in [0.25, 0.3) is 0 Å². The summed E-state index contributed by atoms with van der Waals surface area (Å²) in [5.41, 5.74) is 5.66. The first-order valence-corrected chi connectivity index (χ1v) is 4.20. The SMILES string of the molecule is COc1ccc(CN(N=O)C(N)=O)cc1. The van der Waals surface area contributed by atoms with Gasteiger partial charge in [0, 0.05) is 0 Å². The zero-order chi connectivity index (χ0) is 11.3. The normalized spacial score (nSPS) is 9.40. The summed E-state index contributed by atoms with van der Waals surface area (Å²) >= 11 is 0. The molecule has 0 spiro atoms. The molecule has 1 aromatic rings. The van der Waals surface area contributed by atoms with Crippen LogP contribution in [0.15, 0.2) is 29.6 Å². The summed E-state index contributed by atoms with van der Waals surface area (Å²) in [5.74, 6) is 0.698. The molecule has 0 fully saturated rings. The molecule has 0 aromatic heterocycles. The maximum absolute atomic E-state index is 10.7. The number of nitroso groups, excluding NO2 is 1. The number of carbonyl (C=O) groups is 1. The summed E-state index contributed by atoms with van der Waals surface area (Å²) in [5, 5.41) is 3.14. The largest absolute Gasteiger partial charge is 0.497 e. The van der Waals surface area contributed by atoms with Crippen LogP contribution in [0, 0.1) is 4.91 Å². The van der Waals surface area contributed by atoms with Crippen LogP contribution in [-0.2, 0) is 6.54 Å². The second-order valence-corrected chi connectivity index (χ2v) is 2.83. The molecule has 0 saturated carbocycles. The fourth-order valence-electron chi connectivity index (χ4n) is 1.05. The molecule has 0 aliphatic heterocycles. The molecule has 0 saturated heterocycles. The quantitative estimate of drug-likeness (QED) is 0.598. The lowest BCUT2D eigenvalue weighted by molar-refractivity contribution is 0.206. The average molecular weight is 209 g/mol. The van der Waals surface area contributed by atoms with Crippen LogP contribution in [0.3, 0.4) is 0 Å². The molecule has 0 bridgehead atoms. The van der Waals surface area contributed by atoms with E-state index in [1.165, 1.54) is 0 Å². The van der Waals surface area contributed by atoms with Crippen molar-refractivity contribution < 1.29 is 9.53 Å². The Labute approximate surface area is 86.6 Å². The first kappa shape index (κ1) is 11.0. The van der Waals surface area contributed by atoms with Gasteiger partial charge in [0.15, 0.2) is 0 Å². The minimum Gasteiger partial charge on any atom is -0.497 e. The van der Waals surface area contributed by atoms with Crippen LogP contribution in [0.4, 0.5) is 4.79 Å². The number of urea groups is 1. The van der Waals surface area contributed by atoms with E-state index in [1.54, 1.807) is 31.4 Å². The van der Waals surface area contributed by atoms with Crippen molar-refractivity contribution in [2.45, 2.75) is 6.54 Å². The summed E-state index contributed by atoms with van der Waals surface area (Å²) in [6, 6.07) is 6.01. The average Bonchev–Trinajstić information content (AvgIpc) is 2.26. The van der Waals surface area contributed by atoms with Crippen molar-refractivity contribution in [3.05, 3.63) is 34.7 Å². The minimum absolute atomic E-state index is 0.0584. The van der Waals surface area contributed by atoms with Crippen molar-refractivity contribution in [1.29, 1.82) is 0 Å². The van der Waals surface area contributed by atoms with E-state index < -0.39 is 6.03 Å². The van der Waals surface area contributed by atoms with Gasteiger partial charge >= 0.3 is 6.03 Å². The molecule has 0 aliphatic carbocycles. The molecular formula is C9H11N3O3. The van der Waals surface area contributed by atoms with Crippen LogP contribution in [0.2, 0.25) is 0 Å². The maximum Gasteiger partial charge on any atom is 0.338 e. The highest BCUT2D eigenvalue weighted by molar-refractivity contribution is 5.71. The van der Waals surface area contributed by atoms with Crippen molar-refractivity contribution in [1.82, 2.24) is 5.01 Å². The van der Waals surface area contributed by atoms with Crippen LogP contribution in [0.1, 0.15) is 5.56 Å². The number of hydrogen-bond donors (Lipinski definition) is 1. The number of benzene rings is 1. The third-order valence-electron chi connectivity index (χ3n) is 1.84. The number of ether oxygens (including phenoxy) is 1. The highest BCUT2D eigenvalue weighted by atomic mass is 16.5. The van der Waals surface area contributed by atoms with Gasteiger partial charge in [-0.25, -0.2) is 4.79 Å². The maximum atomic E-state index is 10.7. The lowest BCUT2D eigenvalue weighted by Gasteiger charge is -2.10. The molecule has 2 amide bonds. The number of amides is 2. The van der Waals surface area contributed by atoms with Crippen LogP contribution in [0.5, 0.6) is 5.75 Å². The van der Waals surface area contributed by atoms with Crippen LogP contribution < -0.4 is 10.5 Å². The number of rotatable bonds is 4. The third-order valence-corrected chi connectivity index (χ3v) is 1.84.